The monoisotopic (exact) mass is 233 g/mol. The lowest BCUT2D eigenvalue weighted by Gasteiger charge is -2.03. The van der Waals surface area contributed by atoms with Gasteiger partial charge in [0.2, 0.25) is 5.82 Å². The van der Waals surface area contributed by atoms with Crippen LogP contribution in [0.1, 0.15) is 5.82 Å². The van der Waals surface area contributed by atoms with E-state index in [0.29, 0.717) is 11.6 Å². The maximum Gasteiger partial charge on any atom is 0.342 e. The molecule has 0 saturated carbocycles. The molecule has 0 spiro atoms. The first kappa shape index (κ1) is 11.1. The summed E-state index contributed by atoms with van der Waals surface area (Å²) in [5.41, 5.74) is 0. The highest BCUT2D eigenvalue weighted by Gasteiger charge is 2.16. The number of nitrogens with zero attached hydrogens (tertiary/aromatic N) is 3. The molecule has 1 aromatic carbocycles. The number of ether oxygens (including phenoxy) is 1. The summed E-state index contributed by atoms with van der Waals surface area (Å²) in [6.07, 6.45) is 1.23. The van der Waals surface area contributed by atoms with Crippen LogP contribution >= 0.6 is 0 Å². The van der Waals surface area contributed by atoms with Crippen molar-refractivity contribution in [2.75, 3.05) is 0 Å². The van der Waals surface area contributed by atoms with Gasteiger partial charge in [-0.1, -0.05) is 18.2 Å². The van der Waals surface area contributed by atoms with E-state index in [1.807, 2.05) is 30.3 Å². The molecular formula is C11H11N3O3. The smallest absolute Gasteiger partial charge is 0.342 e. The lowest BCUT2D eigenvalue weighted by molar-refractivity contribution is -0.391. The van der Waals surface area contributed by atoms with Gasteiger partial charge in [-0.05, 0) is 17.1 Å². The van der Waals surface area contributed by atoms with Crippen molar-refractivity contribution in [1.29, 1.82) is 0 Å². The van der Waals surface area contributed by atoms with Crippen LogP contribution in [0, 0.1) is 10.1 Å². The second-order valence-electron chi connectivity index (χ2n) is 3.45. The van der Waals surface area contributed by atoms with Crippen molar-refractivity contribution in [2.24, 2.45) is 7.05 Å². The molecule has 6 nitrogen and oxygen atoms in total. The number of para-hydroxylation sites is 1. The minimum absolute atomic E-state index is 0.0448. The number of nitro groups is 1. The summed E-state index contributed by atoms with van der Waals surface area (Å²) >= 11 is 0. The van der Waals surface area contributed by atoms with Crippen LogP contribution in [0.4, 0.5) is 5.82 Å². The van der Waals surface area contributed by atoms with Crippen LogP contribution in [0.3, 0.4) is 0 Å². The highest BCUT2D eigenvalue weighted by Crippen LogP contribution is 2.14. The standard InChI is InChI=1S/C11H11N3O3/c1-13-10(12-7-11(13)14(15)16)8-17-9-5-3-2-4-6-9/h2-7H,8H2,1H3. The lowest BCUT2D eigenvalue weighted by atomic mass is 10.3. The van der Waals surface area contributed by atoms with Gasteiger partial charge in [0, 0.05) is 0 Å². The normalized spacial score (nSPS) is 10.2. The Labute approximate surface area is 97.6 Å². The van der Waals surface area contributed by atoms with Gasteiger partial charge in [-0.2, -0.15) is 0 Å². The highest BCUT2D eigenvalue weighted by atomic mass is 16.6. The molecular weight excluding hydrogens is 222 g/mol. The van der Waals surface area contributed by atoms with Gasteiger partial charge in [0.1, 0.15) is 11.9 Å². The maximum absolute atomic E-state index is 10.6. The van der Waals surface area contributed by atoms with Gasteiger partial charge < -0.3 is 14.9 Å². The fourth-order valence-electron chi connectivity index (χ4n) is 1.41. The molecule has 1 aromatic heterocycles. The molecule has 2 rings (SSSR count). The average Bonchev–Trinajstić information content (AvgIpc) is 2.69. The van der Waals surface area contributed by atoms with Crippen LogP contribution in [-0.2, 0) is 13.7 Å². The van der Waals surface area contributed by atoms with E-state index >= 15 is 0 Å². The molecule has 6 heteroatoms. The predicted octanol–water partition coefficient (Wildman–Crippen LogP) is 1.91. The van der Waals surface area contributed by atoms with Crippen molar-refractivity contribution in [1.82, 2.24) is 9.55 Å². The van der Waals surface area contributed by atoms with Crippen LogP contribution in [-0.4, -0.2) is 14.5 Å². The zero-order valence-corrected chi connectivity index (χ0v) is 9.24. The van der Waals surface area contributed by atoms with E-state index in [2.05, 4.69) is 4.98 Å². The third-order valence-corrected chi connectivity index (χ3v) is 2.36. The molecule has 17 heavy (non-hydrogen) atoms. The Bertz CT molecular complexity index is 522. The number of rotatable bonds is 4. The Balaban J connectivity index is 2.07. The van der Waals surface area contributed by atoms with Crippen LogP contribution in [0.25, 0.3) is 0 Å². The predicted molar refractivity (Wildman–Crippen MR) is 60.6 cm³/mol. The average molecular weight is 233 g/mol. The quantitative estimate of drug-likeness (QED) is 0.597. The van der Waals surface area contributed by atoms with E-state index in [0.717, 1.165) is 0 Å². The van der Waals surface area contributed by atoms with Crippen molar-refractivity contribution in [3.05, 3.63) is 52.5 Å². The second-order valence-corrected chi connectivity index (χ2v) is 3.45. The first-order chi connectivity index (χ1) is 8.18. The van der Waals surface area contributed by atoms with Crippen molar-refractivity contribution in [3.8, 4) is 5.75 Å². The van der Waals surface area contributed by atoms with Gasteiger partial charge in [-0.15, -0.1) is 0 Å². The number of benzene rings is 1. The Kier molecular flexibility index (Phi) is 3.04. The summed E-state index contributed by atoms with van der Waals surface area (Å²) in [7, 11) is 1.59. The van der Waals surface area contributed by atoms with Crippen LogP contribution < -0.4 is 4.74 Å². The minimum Gasteiger partial charge on any atom is -0.483 e. The number of hydrogen-bond acceptors (Lipinski definition) is 4. The summed E-state index contributed by atoms with van der Waals surface area (Å²) in [4.78, 5) is 14.1. The molecule has 0 aliphatic carbocycles. The molecule has 0 amide bonds. The largest absolute Gasteiger partial charge is 0.483 e. The van der Waals surface area contributed by atoms with Crippen LogP contribution in [0.5, 0.6) is 5.75 Å². The first-order valence-electron chi connectivity index (χ1n) is 5.01. The van der Waals surface area contributed by atoms with Crippen LogP contribution in [0.2, 0.25) is 0 Å². The number of hydrogen-bond donors (Lipinski definition) is 0. The lowest BCUT2D eigenvalue weighted by Crippen LogP contribution is -2.05. The molecule has 0 aliphatic heterocycles. The Morgan fingerprint density at radius 2 is 2.12 bits per heavy atom. The molecule has 2 aromatic rings. The van der Waals surface area contributed by atoms with Crippen molar-refractivity contribution >= 4 is 5.82 Å². The molecule has 88 valence electrons. The van der Waals surface area contributed by atoms with E-state index in [1.54, 1.807) is 7.05 Å². The van der Waals surface area contributed by atoms with Gasteiger partial charge in [0.05, 0.1) is 7.05 Å². The van der Waals surface area contributed by atoms with Gasteiger partial charge in [0.15, 0.2) is 6.61 Å². The summed E-state index contributed by atoms with van der Waals surface area (Å²) in [6.45, 7) is 0.203. The molecule has 0 N–H and O–H groups in total. The van der Waals surface area contributed by atoms with Crippen molar-refractivity contribution in [2.45, 2.75) is 6.61 Å². The Morgan fingerprint density at radius 1 is 1.41 bits per heavy atom. The zero-order valence-electron chi connectivity index (χ0n) is 9.24. The van der Waals surface area contributed by atoms with Gasteiger partial charge >= 0.3 is 5.82 Å². The topological polar surface area (TPSA) is 70.2 Å². The Hall–Kier alpha value is -2.37. The molecule has 1 heterocycles. The van der Waals surface area contributed by atoms with E-state index in [-0.39, 0.29) is 12.4 Å². The fraction of sp³-hybridized carbons (Fsp3) is 0.182. The van der Waals surface area contributed by atoms with Gasteiger partial charge in [0.25, 0.3) is 0 Å². The molecule has 0 unspecified atom stereocenters. The van der Waals surface area contributed by atoms with Crippen molar-refractivity contribution in [3.63, 3.8) is 0 Å². The highest BCUT2D eigenvalue weighted by molar-refractivity contribution is 5.22. The third-order valence-electron chi connectivity index (χ3n) is 2.36. The van der Waals surface area contributed by atoms with Crippen molar-refractivity contribution < 1.29 is 9.66 Å². The third kappa shape index (κ3) is 2.41. The number of aromatic nitrogens is 2. The molecule has 0 saturated heterocycles. The number of imidazole rings is 1. The maximum atomic E-state index is 10.6. The van der Waals surface area contributed by atoms with E-state index in [1.165, 1.54) is 10.8 Å². The molecule has 0 fully saturated rings. The minimum atomic E-state index is -0.473. The first-order valence-corrected chi connectivity index (χ1v) is 5.01. The van der Waals surface area contributed by atoms with Gasteiger partial charge in [-0.25, -0.2) is 9.55 Å². The van der Waals surface area contributed by atoms with E-state index in [4.69, 9.17) is 4.74 Å². The second kappa shape index (κ2) is 4.65. The zero-order chi connectivity index (χ0) is 12.3. The SMILES string of the molecule is Cn1c([N+](=O)[O-])cnc1COc1ccccc1. The molecule has 0 radical (unpaired) electrons. The molecule has 0 atom stereocenters. The molecule has 0 aliphatic rings. The summed E-state index contributed by atoms with van der Waals surface area (Å²) in [5.74, 6) is 1.18. The van der Waals surface area contributed by atoms with E-state index in [9.17, 15) is 10.1 Å². The summed E-state index contributed by atoms with van der Waals surface area (Å²) in [6, 6.07) is 9.24. The summed E-state index contributed by atoms with van der Waals surface area (Å²) < 4.78 is 6.87. The van der Waals surface area contributed by atoms with E-state index < -0.39 is 4.92 Å². The summed E-state index contributed by atoms with van der Waals surface area (Å²) in [5, 5.41) is 10.6. The van der Waals surface area contributed by atoms with Crippen LogP contribution in [0.15, 0.2) is 36.5 Å². The van der Waals surface area contributed by atoms with Gasteiger partial charge in [-0.3, -0.25) is 0 Å². The molecule has 0 bridgehead atoms. The fourth-order valence-corrected chi connectivity index (χ4v) is 1.41. The Morgan fingerprint density at radius 3 is 2.71 bits per heavy atom.